The summed E-state index contributed by atoms with van der Waals surface area (Å²) in [5.41, 5.74) is 2.41. The maximum atomic E-state index is 11.5. The van der Waals surface area contributed by atoms with Crippen molar-refractivity contribution in [2.45, 2.75) is 38.5 Å². The largest absolute Gasteiger partial charge is 0.497 e. The Bertz CT molecular complexity index is 857. The highest BCUT2D eigenvalue weighted by Crippen LogP contribution is 2.47. The molecular formula is C25H30O4. The normalized spacial score (nSPS) is 22.6. The number of methoxy groups -OCH3 is 1. The molecule has 2 fully saturated rings. The number of hydrogen-bond donors (Lipinski definition) is 1. The Morgan fingerprint density at radius 2 is 1.86 bits per heavy atom. The molecule has 4 heteroatoms. The van der Waals surface area contributed by atoms with Crippen molar-refractivity contribution < 1.29 is 19.4 Å². The van der Waals surface area contributed by atoms with Gasteiger partial charge in [-0.1, -0.05) is 31.2 Å². The summed E-state index contributed by atoms with van der Waals surface area (Å²) < 4.78 is 11.4. The molecule has 0 aliphatic heterocycles. The van der Waals surface area contributed by atoms with Crippen molar-refractivity contribution in [3.05, 3.63) is 59.7 Å². The van der Waals surface area contributed by atoms with Crippen molar-refractivity contribution in [3.63, 3.8) is 0 Å². The highest BCUT2D eigenvalue weighted by atomic mass is 16.5. The second-order valence-corrected chi connectivity index (χ2v) is 8.69. The van der Waals surface area contributed by atoms with Crippen LogP contribution in [0.2, 0.25) is 0 Å². The topological polar surface area (TPSA) is 55.8 Å². The van der Waals surface area contributed by atoms with Crippen LogP contribution in [0, 0.1) is 23.7 Å². The first-order valence-electron chi connectivity index (χ1n) is 10.6. The van der Waals surface area contributed by atoms with Gasteiger partial charge in [0.05, 0.1) is 19.6 Å². The fraction of sp³-hybridized carbons (Fsp3) is 0.480. The first kappa shape index (κ1) is 19.8. The minimum absolute atomic E-state index is 0.0813. The molecular weight excluding hydrogens is 364 g/mol. The van der Waals surface area contributed by atoms with Crippen LogP contribution in [-0.4, -0.2) is 24.8 Å². The summed E-state index contributed by atoms with van der Waals surface area (Å²) in [7, 11) is 1.70. The van der Waals surface area contributed by atoms with Crippen molar-refractivity contribution in [1.82, 2.24) is 0 Å². The molecule has 2 aliphatic carbocycles. The third kappa shape index (κ3) is 4.92. The molecule has 4 rings (SSSR count). The molecule has 154 valence electrons. The van der Waals surface area contributed by atoms with Gasteiger partial charge in [0.25, 0.3) is 0 Å². The Labute approximate surface area is 172 Å². The quantitative estimate of drug-likeness (QED) is 0.604. The monoisotopic (exact) mass is 394 g/mol. The molecule has 1 N–H and O–H groups in total. The third-order valence-electron chi connectivity index (χ3n) is 6.47. The average molecular weight is 395 g/mol. The van der Waals surface area contributed by atoms with Crippen LogP contribution in [0.25, 0.3) is 0 Å². The molecule has 0 heterocycles. The van der Waals surface area contributed by atoms with E-state index in [-0.39, 0.29) is 11.8 Å². The van der Waals surface area contributed by atoms with E-state index in [2.05, 4.69) is 24.3 Å². The smallest absolute Gasteiger partial charge is 0.306 e. The van der Waals surface area contributed by atoms with Crippen LogP contribution in [0.1, 0.15) is 43.2 Å². The zero-order valence-electron chi connectivity index (χ0n) is 17.2. The lowest BCUT2D eigenvalue weighted by atomic mass is 9.83. The van der Waals surface area contributed by atoms with E-state index in [1.165, 1.54) is 12.0 Å². The molecule has 4 atom stereocenters. The van der Waals surface area contributed by atoms with Crippen LogP contribution < -0.4 is 9.47 Å². The van der Waals surface area contributed by atoms with Crippen LogP contribution in [0.3, 0.4) is 0 Å². The van der Waals surface area contributed by atoms with E-state index in [1.54, 1.807) is 7.11 Å². The Morgan fingerprint density at radius 1 is 1.10 bits per heavy atom. The Hall–Kier alpha value is -2.49. The molecule has 4 nitrogen and oxygen atoms in total. The van der Waals surface area contributed by atoms with Gasteiger partial charge in [0.2, 0.25) is 0 Å². The van der Waals surface area contributed by atoms with E-state index in [4.69, 9.17) is 9.47 Å². The zero-order valence-corrected chi connectivity index (χ0v) is 17.2. The summed E-state index contributed by atoms with van der Waals surface area (Å²) in [6.07, 6.45) is 4.51. The van der Waals surface area contributed by atoms with E-state index >= 15 is 0 Å². The van der Waals surface area contributed by atoms with Gasteiger partial charge in [0, 0.05) is 0 Å². The lowest BCUT2D eigenvalue weighted by Crippen LogP contribution is -2.20. The molecule has 29 heavy (non-hydrogen) atoms. The van der Waals surface area contributed by atoms with Crippen molar-refractivity contribution in [2.24, 2.45) is 23.7 Å². The van der Waals surface area contributed by atoms with E-state index in [0.29, 0.717) is 17.8 Å². The lowest BCUT2D eigenvalue weighted by molar-refractivity contribution is -0.142. The Morgan fingerprint density at radius 3 is 2.59 bits per heavy atom. The maximum absolute atomic E-state index is 11.5. The molecule has 0 spiro atoms. The van der Waals surface area contributed by atoms with Gasteiger partial charge in [0.15, 0.2) is 0 Å². The average Bonchev–Trinajstić information content (AvgIpc) is 3.64. The summed E-state index contributed by atoms with van der Waals surface area (Å²) in [6.45, 7) is 2.55. The fourth-order valence-corrected chi connectivity index (χ4v) is 4.46. The number of ether oxygens (including phenoxy) is 2. The van der Waals surface area contributed by atoms with Gasteiger partial charge in [-0.05, 0) is 84.7 Å². The predicted octanol–water partition coefficient (Wildman–Crippen LogP) is 5.17. The number of benzene rings is 2. The van der Waals surface area contributed by atoms with Crippen LogP contribution >= 0.6 is 0 Å². The highest BCUT2D eigenvalue weighted by molar-refractivity contribution is 5.71. The van der Waals surface area contributed by atoms with E-state index < -0.39 is 5.97 Å². The van der Waals surface area contributed by atoms with Crippen LogP contribution in [-0.2, 0) is 11.2 Å². The van der Waals surface area contributed by atoms with Gasteiger partial charge >= 0.3 is 5.97 Å². The van der Waals surface area contributed by atoms with Gasteiger partial charge in [-0.3, -0.25) is 4.79 Å². The molecule has 2 saturated carbocycles. The van der Waals surface area contributed by atoms with E-state index in [1.807, 2.05) is 31.2 Å². The highest BCUT2D eigenvalue weighted by Gasteiger charge is 2.39. The second kappa shape index (κ2) is 8.48. The van der Waals surface area contributed by atoms with Gasteiger partial charge < -0.3 is 14.6 Å². The van der Waals surface area contributed by atoms with Crippen molar-refractivity contribution in [1.29, 1.82) is 0 Å². The van der Waals surface area contributed by atoms with Crippen LogP contribution in [0.4, 0.5) is 0 Å². The predicted molar refractivity (Wildman–Crippen MR) is 112 cm³/mol. The van der Waals surface area contributed by atoms with Crippen LogP contribution in [0.15, 0.2) is 48.5 Å². The standard InChI is InChI=1S/C25H30O4/c1-16(25(26)27)24(18-9-10-18)19-6-4-8-23(14-19)29-15-21-13-20(21)11-17-5-3-7-22(12-17)28-2/h3-8,12,14,16,18,20-21,24H,9-11,13,15H2,1-2H3,(H,26,27)/t16-,20-,21+,24-/m0/s1. The molecule has 0 radical (unpaired) electrons. The summed E-state index contributed by atoms with van der Waals surface area (Å²) in [5.74, 6) is 2.51. The first-order chi connectivity index (χ1) is 14.0. The van der Waals surface area contributed by atoms with Gasteiger partial charge in [-0.25, -0.2) is 0 Å². The van der Waals surface area contributed by atoms with Crippen LogP contribution in [0.5, 0.6) is 11.5 Å². The number of rotatable bonds is 10. The molecule has 0 bridgehead atoms. The molecule has 2 aromatic rings. The number of aliphatic carboxylic acids is 1. The van der Waals surface area contributed by atoms with Gasteiger partial charge in [-0.2, -0.15) is 0 Å². The molecule has 0 unspecified atom stereocenters. The van der Waals surface area contributed by atoms with Gasteiger partial charge in [-0.15, -0.1) is 0 Å². The minimum atomic E-state index is -0.716. The second-order valence-electron chi connectivity index (χ2n) is 8.69. The molecule has 2 aromatic carbocycles. The Balaban J connectivity index is 1.33. The number of carboxylic acid groups (broad SMARTS) is 1. The SMILES string of the molecule is COc1cccc(C[C@H]2C[C@@H]2COc2cccc([C@H](C3CC3)[C@H](C)C(=O)O)c2)c1. The van der Waals surface area contributed by atoms with Gasteiger partial charge in [0.1, 0.15) is 11.5 Å². The van der Waals surface area contributed by atoms with E-state index in [9.17, 15) is 9.90 Å². The summed E-state index contributed by atoms with van der Waals surface area (Å²) in [6, 6.07) is 16.4. The first-order valence-corrected chi connectivity index (χ1v) is 10.6. The summed E-state index contributed by atoms with van der Waals surface area (Å²) in [4.78, 5) is 11.5. The maximum Gasteiger partial charge on any atom is 0.306 e. The minimum Gasteiger partial charge on any atom is -0.497 e. The lowest BCUT2D eigenvalue weighted by Gasteiger charge is -2.21. The van der Waals surface area contributed by atoms with Crippen molar-refractivity contribution in [2.75, 3.05) is 13.7 Å². The van der Waals surface area contributed by atoms with Crippen molar-refractivity contribution >= 4 is 5.97 Å². The molecule has 0 aromatic heterocycles. The van der Waals surface area contributed by atoms with Crippen molar-refractivity contribution in [3.8, 4) is 11.5 Å². The zero-order chi connectivity index (χ0) is 20.4. The molecule has 0 saturated heterocycles. The molecule has 2 aliphatic rings. The third-order valence-corrected chi connectivity index (χ3v) is 6.47. The number of carboxylic acids is 1. The number of carbonyl (C=O) groups is 1. The summed E-state index contributed by atoms with van der Waals surface area (Å²) in [5, 5.41) is 9.49. The molecule has 0 amide bonds. The van der Waals surface area contributed by atoms with E-state index in [0.717, 1.165) is 42.9 Å². The Kier molecular flexibility index (Phi) is 5.79. The summed E-state index contributed by atoms with van der Waals surface area (Å²) >= 11 is 0. The fourth-order valence-electron chi connectivity index (χ4n) is 4.46. The number of hydrogen-bond acceptors (Lipinski definition) is 3.